The Balaban J connectivity index is 2.06. The third-order valence-electron chi connectivity index (χ3n) is 3.14. The lowest BCUT2D eigenvalue weighted by Crippen LogP contribution is -2.11. The Labute approximate surface area is 104 Å². The molecule has 1 saturated carbocycles. The van der Waals surface area contributed by atoms with Gasteiger partial charge in [0.05, 0.1) is 5.39 Å². The van der Waals surface area contributed by atoms with Crippen LogP contribution in [0.2, 0.25) is 0 Å². The molecule has 1 aliphatic carbocycles. The third kappa shape index (κ3) is 2.12. The topological polar surface area (TPSA) is 63.8 Å². The number of hydrogen-bond donors (Lipinski definition) is 2. The number of hydrazine groups is 1. The van der Waals surface area contributed by atoms with E-state index in [2.05, 4.69) is 28.4 Å². The number of rotatable bonds is 4. The molecule has 3 N–H and O–H groups in total. The Morgan fingerprint density at radius 3 is 2.94 bits per heavy atom. The zero-order chi connectivity index (χ0) is 11.8. The van der Waals surface area contributed by atoms with Crippen LogP contribution < -0.4 is 11.3 Å². The number of nitrogens with two attached hydrogens (primary N) is 1. The second kappa shape index (κ2) is 4.23. The van der Waals surface area contributed by atoms with Crippen LogP contribution in [0, 0.1) is 5.92 Å². The Morgan fingerprint density at radius 2 is 2.29 bits per heavy atom. The van der Waals surface area contributed by atoms with Crippen molar-refractivity contribution in [1.82, 2.24) is 9.97 Å². The molecule has 0 amide bonds. The summed E-state index contributed by atoms with van der Waals surface area (Å²) in [5, 5.41) is 1.05. The van der Waals surface area contributed by atoms with E-state index >= 15 is 0 Å². The Morgan fingerprint density at radius 1 is 1.47 bits per heavy atom. The van der Waals surface area contributed by atoms with E-state index in [1.807, 2.05) is 0 Å². The number of hydrogen-bond acceptors (Lipinski definition) is 5. The molecule has 0 aliphatic heterocycles. The predicted molar refractivity (Wildman–Crippen MR) is 71.0 cm³/mol. The van der Waals surface area contributed by atoms with E-state index in [-0.39, 0.29) is 0 Å². The number of anilines is 1. The molecule has 3 rings (SSSR count). The summed E-state index contributed by atoms with van der Waals surface area (Å²) in [7, 11) is 0. The maximum Gasteiger partial charge on any atom is 0.152 e. The molecular formula is C12H16N4S. The molecular weight excluding hydrogens is 232 g/mol. The first-order valence-electron chi connectivity index (χ1n) is 6.06. The minimum absolute atomic E-state index is 0.765. The number of nitrogen functional groups attached to an aromatic ring is 1. The number of aryl methyl sites for hydroxylation is 1. The summed E-state index contributed by atoms with van der Waals surface area (Å²) in [6.07, 6.45) is 4.65. The summed E-state index contributed by atoms with van der Waals surface area (Å²) in [5.41, 5.74) is 2.70. The minimum atomic E-state index is 0.765. The maximum atomic E-state index is 5.55. The Kier molecular flexibility index (Phi) is 2.72. The fourth-order valence-electron chi connectivity index (χ4n) is 1.97. The zero-order valence-corrected chi connectivity index (χ0v) is 10.7. The smallest absolute Gasteiger partial charge is 0.152 e. The van der Waals surface area contributed by atoms with Gasteiger partial charge in [-0.3, -0.25) is 0 Å². The van der Waals surface area contributed by atoms with E-state index in [9.17, 15) is 0 Å². The largest absolute Gasteiger partial charge is 0.308 e. The highest BCUT2D eigenvalue weighted by Crippen LogP contribution is 2.34. The highest BCUT2D eigenvalue weighted by molar-refractivity contribution is 7.18. The van der Waals surface area contributed by atoms with Gasteiger partial charge in [0.25, 0.3) is 0 Å². The summed E-state index contributed by atoms with van der Waals surface area (Å²) in [5.74, 6) is 8.03. The van der Waals surface area contributed by atoms with Crippen LogP contribution in [0.3, 0.4) is 0 Å². The molecule has 17 heavy (non-hydrogen) atoms. The molecule has 1 fully saturated rings. The normalized spacial score (nSPS) is 15.4. The molecule has 2 aromatic rings. The molecule has 0 saturated heterocycles. The summed E-state index contributed by atoms with van der Waals surface area (Å²) in [4.78, 5) is 11.5. The summed E-state index contributed by atoms with van der Waals surface area (Å²) >= 11 is 1.74. The average molecular weight is 248 g/mol. The Bertz CT molecular complexity index is 545. The van der Waals surface area contributed by atoms with Crippen molar-refractivity contribution in [1.29, 1.82) is 0 Å². The van der Waals surface area contributed by atoms with Crippen LogP contribution >= 0.6 is 11.3 Å². The first kappa shape index (κ1) is 10.9. The first-order valence-corrected chi connectivity index (χ1v) is 6.87. The van der Waals surface area contributed by atoms with E-state index < -0.39 is 0 Å². The van der Waals surface area contributed by atoms with E-state index in [4.69, 9.17) is 5.84 Å². The predicted octanol–water partition coefficient (Wildman–Crippen LogP) is 2.49. The van der Waals surface area contributed by atoms with Crippen molar-refractivity contribution in [3.05, 3.63) is 16.8 Å². The molecule has 0 radical (unpaired) electrons. The van der Waals surface area contributed by atoms with Gasteiger partial charge < -0.3 is 5.43 Å². The SMILES string of the molecule is CCc1cc2c(NN)nc(CC3CC3)nc2s1. The zero-order valence-electron chi connectivity index (χ0n) is 9.86. The standard InChI is InChI=1S/C12H16N4S/c1-2-8-6-9-11(16-13)14-10(5-7-3-4-7)15-12(9)17-8/h6-7H,2-5,13H2,1H3,(H,14,15,16). The second-order valence-electron chi connectivity index (χ2n) is 4.57. The van der Waals surface area contributed by atoms with Crippen molar-refractivity contribution in [2.45, 2.75) is 32.6 Å². The lowest BCUT2D eigenvalue weighted by molar-refractivity contribution is 0.777. The van der Waals surface area contributed by atoms with Gasteiger partial charge in [-0.2, -0.15) is 0 Å². The van der Waals surface area contributed by atoms with Gasteiger partial charge in [0.2, 0.25) is 0 Å². The number of fused-ring (bicyclic) bond motifs is 1. The summed E-state index contributed by atoms with van der Waals surface area (Å²) in [6.45, 7) is 2.15. The number of nitrogens with zero attached hydrogens (tertiary/aromatic N) is 2. The number of nitrogens with one attached hydrogen (secondary N) is 1. The van der Waals surface area contributed by atoms with Crippen molar-refractivity contribution in [2.24, 2.45) is 11.8 Å². The van der Waals surface area contributed by atoms with Gasteiger partial charge in [-0.05, 0) is 31.2 Å². The molecule has 5 heteroatoms. The van der Waals surface area contributed by atoms with Crippen molar-refractivity contribution >= 4 is 27.4 Å². The fourth-order valence-corrected chi connectivity index (χ4v) is 2.96. The van der Waals surface area contributed by atoms with Crippen LogP contribution in [0.4, 0.5) is 5.82 Å². The van der Waals surface area contributed by atoms with Crippen LogP contribution in [0.25, 0.3) is 10.2 Å². The molecule has 0 spiro atoms. The van der Waals surface area contributed by atoms with Crippen LogP contribution in [-0.2, 0) is 12.8 Å². The van der Waals surface area contributed by atoms with Gasteiger partial charge >= 0.3 is 0 Å². The van der Waals surface area contributed by atoms with Crippen LogP contribution in [0.5, 0.6) is 0 Å². The molecule has 1 aliphatic rings. The fraction of sp³-hybridized carbons (Fsp3) is 0.500. The van der Waals surface area contributed by atoms with Gasteiger partial charge in [-0.15, -0.1) is 11.3 Å². The van der Waals surface area contributed by atoms with Crippen LogP contribution in [-0.4, -0.2) is 9.97 Å². The van der Waals surface area contributed by atoms with Crippen molar-refractivity contribution in [3.8, 4) is 0 Å². The number of thiophene rings is 1. The van der Waals surface area contributed by atoms with Crippen molar-refractivity contribution in [3.63, 3.8) is 0 Å². The second-order valence-corrected chi connectivity index (χ2v) is 5.68. The van der Waals surface area contributed by atoms with Gasteiger partial charge in [0.15, 0.2) is 5.82 Å². The monoisotopic (exact) mass is 248 g/mol. The van der Waals surface area contributed by atoms with Gasteiger partial charge in [-0.25, -0.2) is 15.8 Å². The van der Waals surface area contributed by atoms with Crippen molar-refractivity contribution in [2.75, 3.05) is 5.43 Å². The van der Waals surface area contributed by atoms with Gasteiger partial charge in [0, 0.05) is 11.3 Å². The average Bonchev–Trinajstić information content (AvgIpc) is 3.05. The quantitative estimate of drug-likeness (QED) is 0.644. The minimum Gasteiger partial charge on any atom is -0.308 e. The van der Waals surface area contributed by atoms with Crippen molar-refractivity contribution < 1.29 is 0 Å². The highest BCUT2D eigenvalue weighted by Gasteiger charge is 2.23. The number of aromatic nitrogens is 2. The molecule has 0 unspecified atom stereocenters. The van der Waals surface area contributed by atoms with E-state index in [1.165, 1.54) is 17.7 Å². The first-order chi connectivity index (χ1) is 8.30. The highest BCUT2D eigenvalue weighted by atomic mass is 32.1. The maximum absolute atomic E-state index is 5.55. The molecule has 0 bridgehead atoms. The molecule has 0 aromatic carbocycles. The van der Waals surface area contributed by atoms with E-state index in [0.717, 1.165) is 40.6 Å². The summed E-state index contributed by atoms with van der Waals surface area (Å²) in [6, 6.07) is 2.14. The molecule has 0 atom stereocenters. The lowest BCUT2D eigenvalue weighted by Gasteiger charge is -2.04. The third-order valence-corrected chi connectivity index (χ3v) is 4.32. The Hall–Kier alpha value is -1.20. The van der Waals surface area contributed by atoms with Crippen LogP contribution in [0.15, 0.2) is 6.07 Å². The molecule has 2 aromatic heterocycles. The molecule has 90 valence electrons. The van der Waals surface area contributed by atoms with Crippen LogP contribution in [0.1, 0.15) is 30.5 Å². The lowest BCUT2D eigenvalue weighted by atomic mass is 10.2. The van der Waals surface area contributed by atoms with Gasteiger partial charge in [-0.1, -0.05) is 6.92 Å². The molecule has 4 nitrogen and oxygen atoms in total. The summed E-state index contributed by atoms with van der Waals surface area (Å²) < 4.78 is 0. The van der Waals surface area contributed by atoms with E-state index in [0.29, 0.717) is 0 Å². The van der Waals surface area contributed by atoms with E-state index in [1.54, 1.807) is 11.3 Å². The van der Waals surface area contributed by atoms with Gasteiger partial charge in [0.1, 0.15) is 10.7 Å². The molecule has 2 heterocycles.